The Morgan fingerprint density at radius 3 is 2.94 bits per heavy atom. The average Bonchev–Trinajstić information content (AvgIpc) is 2.33. The van der Waals surface area contributed by atoms with Crippen LogP contribution < -0.4 is 5.32 Å². The highest BCUT2D eigenvalue weighted by atomic mass is 79.9. The molecule has 0 aliphatic rings. The number of carboxylic acid groups (broad SMARTS) is 1. The van der Waals surface area contributed by atoms with Crippen LogP contribution in [-0.4, -0.2) is 29.1 Å². The summed E-state index contributed by atoms with van der Waals surface area (Å²) in [6.07, 6.45) is 1.81. The molecule has 0 bridgehead atoms. The normalized spacial score (nSPS) is 10.1. The summed E-state index contributed by atoms with van der Waals surface area (Å²) in [6, 6.07) is 2.80. The minimum atomic E-state index is -1.16. The Morgan fingerprint density at radius 2 is 2.33 bits per heavy atom. The predicted octanol–water partition coefficient (Wildman–Crippen LogP) is 3.62. The lowest BCUT2D eigenvalue weighted by Crippen LogP contribution is -2.08. The quantitative estimate of drug-likeness (QED) is 0.591. The van der Waals surface area contributed by atoms with Crippen molar-refractivity contribution in [3.8, 4) is 0 Å². The highest BCUT2D eigenvalue weighted by Gasteiger charge is 2.15. The van der Waals surface area contributed by atoms with Crippen LogP contribution in [0, 0.1) is 5.82 Å². The lowest BCUT2D eigenvalue weighted by Gasteiger charge is -2.09. The van der Waals surface area contributed by atoms with Crippen molar-refractivity contribution in [1.29, 1.82) is 0 Å². The van der Waals surface area contributed by atoms with E-state index in [1.165, 1.54) is 12.1 Å². The average molecular weight is 334 g/mol. The zero-order valence-electron chi connectivity index (χ0n) is 9.58. The summed E-state index contributed by atoms with van der Waals surface area (Å²) in [5, 5.41) is 11.8. The van der Waals surface area contributed by atoms with Crippen molar-refractivity contribution in [2.45, 2.75) is 0 Å². The van der Waals surface area contributed by atoms with Gasteiger partial charge in [-0.3, -0.25) is 0 Å². The summed E-state index contributed by atoms with van der Waals surface area (Å²) in [5.41, 5.74) is 0.213. The zero-order chi connectivity index (χ0) is 13.5. The van der Waals surface area contributed by atoms with Crippen LogP contribution in [0.2, 0.25) is 0 Å². The van der Waals surface area contributed by atoms with E-state index in [0.29, 0.717) is 12.2 Å². The molecule has 3 nitrogen and oxygen atoms in total. The fraction of sp³-hybridized carbons (Fsp3) is 0.250. The van der Waals surface area contributed by atoms with Crippen LogP contribution in [0.15, 0.2) is 29.3 Å². The van der Waals surface area contributed by atoms with Gasteiger partial charge in [0.15, 0.2) is 5.82 Å². The lowest BCUT2D eigenvalue weighted by molar-refractivity contribution is 0.0695. The largest absolute Gasteiger partial charge is 0.478 e. The molecule has 0 fully saturated rings. The summed E-state index contributed by atoms with van der Waals surface area (Å²) in [4.78, 5) is 10.8. The van der Waals surface area contributed by atoms with Gasteiger partial charge in [-0.05, 0) is 28.1 Å². The van der Waals surface area contributed by atoms with E-state index in [2.05, 4.69) is 27.8 Å². The van der Waals surface area contributed by atoms with Crippen molar-refractivity contribution in [1.82, 2.24) is 0 Å². The molecule has 0 aromatic heterocycles. The lowest BCUT2D eigenvalue weighted by atomic mass is 10.2. The van der Waals surface area contributed by atoms with Crippen molar-refractivity contribution in [2.24, 2.45) is 0 Å². The molecule has 0 radical (unpaired) electrons. The second-order valence-electron chi connectivity index (χ2n) is 3.38. The third-order valence-electron chi connectivity index (χ3n) is 2.11. The van der Waals surface area contributed by atoms with Gasteiger partial charge in [0.25, 0.3) is 0 Å². The van der Waals surface area contributed by atoms with Gasteiger partial charge < -0.3 is 10.4 Å². The molecule has 0 aliphatic heterocycles. The number of anilines is 1. The SMILES string of the molecule is C=CCSCCNc1ccc(C(=O)O)c(Br)c1F. The highest BCUT2D eigenvalue weighted by molar-refractivity contribution is 9.10. The summed E-state index contributed by atoms with van der Waals surface area (Å²) < 4.78 is 13.8. The minimum absolute atomic E-state index is 0.0289. The molecule has 0 aliphatic carbocycles. The first-order valence-electron chi connectivity index (χ1n) is 5.21. The molecular formula is C12H13BrFNO2S. The first-order chi connectivity index (χ1) is 8.57. The molecule has 1 aromatic rings. The Hall–Kier alpha value is -1.01. The van der Waals surface area contributed by atoms with Crippen molar-refractivity contribution in [3.05, 3.63) is 40.6 Å². The Kier molecular flexibility index (Phi) is 6.21. The number of halogens is 2. The molecule has 0 heterocycles. The molecule has 1 aromatic carbocycles. The van der Waals surface area contributed by atoms with E-state index in [0.717, 1.165) is 11.5 Å². The van der Waals surface area contributed by atoms with Crippen LogP contribution in [0.3, 0.4) is 0 Å². The van der Waals surface area contributed by atoms with Crippen molar-refractivity contribution in [3.63, 3.8) is 0 Å². The smallest absolute Gasteiger partial charge is 0.336 e. The second kappa shape index (κ2) is 7.43. The minimum Gasteiger partial charge on any atom is -0.478 e. The molecular weight excluding hydrogens is 321 g/mol. The topological polar surface area (TPSA) is 49.3 Å². The van der Waals surface area contributed by atoms with Gasteiger partial charge in [-0.25, -0.2) is 9.18 Å². The van der Waals surface area contributed by atoms with E-state index < -0.39 is 11.8 Å². The molecule has 0 unspecified atom stereocenters. The fourth-order valence-electron chi connectivity index (χ4n) is 1.28. The molecule has 2 N–H and O–H groups in total. The second-order valence-corrected chi connectivity index (χ2v) is 5.33. The monoisotopic (exact) mass is 333 g/mol. The molecule has 6 heteroatoms. The van der Waals surface area contributed by atoms with Gasteiger partial charge in [-0.1, -0.05) is 6.08 Å². The van der Waals surface area contributed by atoms with Gasteiger partial charge >= 0.3 is 5.97 Å². The van der Waals surface area contributed by atoms with Gasteiger partial charge in [0, 0.05) is 18.1 Å². The van der Waals surface area contributed by atoms with E-state index in [1.807, 2.05) is 6.08 Å². The number of aromatic carboxylic acids is 1. The van der Waals surface area contributed by atoms with Crippen LogP contribution in [0.1, 0.15) is 10.4 Å². The summed E-state index contributed by atoms with van der Waals surface area (Å²) in [7, 11) is 0. The van der Waals surface area contributed by atoms with E-state index in [4.69, 9.17) is 5.11 Å². The molecule has 18 heavy (non-hydrogen) atoms. The maximum absolute atomic E-state index is 13.8. The number of hydrogen-bond acceptors (Lipinski definition) is 3. The number of rotatable bonds is 7. The Morgan fingerprint density at radius 1 is 1.61 bits per heavy atom. The summed E-state index contributed by atoms with van der Waals surface area (Å²) in [5.74, 6) is -0.0623. The molecule has 0 spiro atoms. The van der Waals surface area contributed by atoms with Crippen molar-refractivity contribution < 1.29 is 14.3 Å². The molecule has 0 atom stereocenters. The Balaban J connectivity index is 2.65. The summed E-state index contributed by atoms with van der Waals surface area (Å²) in [6.45, 7) is 4.21. The molecule has 1 rings (SSSR count). The van der Waals surface area contributed by atoms with Gasteiger partial charge in [0.1, 0.15) is 0 Å². The van der Waals surface area contributed by atoms with Gasteiger partial charge in [0.2, 0.25) is 0 Å². The number of hydrogen-bond donors (Lipinski definition) is 2. The number of thioether (sulfide) groups is 1. The standard InChI is InChI=1S/C12H13BrFNO2S/c1-2-6-18-7-5-15-9-4-3-8(12(16)17)10(13)11(9)14/h2-4,15H,1,5-7H2,(H,16,17). The van der Waals surface area contributed by atoms with Crippen LogP contribution in [0.4, 0.5) is 10.1 Å². The van der Waals surface area contributed by atoms with Crippen LogP contribution in [0.25, 0.3) is 0 Å². The number of nitrogens with one attached hydrogen (secondary N) is 1. The maximum Gasteiger partial charge on any atom is 0.336 e. The van der Waals surface area contributed by atoms with E-state index in [-0.39, 0.29) is 10.0 Å². The van der Waals surface area contributed by atoms with Crippen LogP contribution >= 0.6 is 27.7 Å². The Bertz CT molecular complexity index is 454. The first-order valence-corrected chi connectivity index (χ1v) is 7.16. The van der Waals surface area contributed by atoms with Gasteiger partial charge in [0.05, 0.1) is 15.7 Å². The van der Waals surface area contributed by atoms with Crippen LogP contribution in [-0.2, 0) is 0 Å². The molecule has 98 valence electrons. The molecule has 0 amide bonds. The predicted molar refractivity (Wildman–Crippen MR) is 77.1 cm³/mol. The van der Waals surface area contributed by atoms with Crippen molar-refractivity contribution >= 4 is 39.3 Å². The number of carboxylic acids is 1. The molecule has 0 saturated heterocycles. The van der Waals surface area contributed by atoms with Gasteiger partial charge in [-0.2, -0.15) is 11.8 Å². The number of benzene rings is 1. The van der Waals surface area contributed by atoms with E-state index in [9.17, 15) is 9.18 Å². The van der Waals surface area contributed by atoms with E-state index >= 15 is 0 Å². The van der Waals surface area contributed by atoms with E-state index in [1.54, 1.807) is 11.8 Å². The molecule has 0 saturated carbocycles. The Labute approximate surface area is 118 Å². The maximum atomic E-state index is 13.8. The third kappa shape index (κ3) is 4.03. The van der Waals surface area contributed by atoms with Crippen LogP contribution in [0.5, 0.6) is 0 Å². The third-order valence-corrected chi connectivity index (χ3v) is 3.85. The fourth-order valence-corrected chi connectivity index (χ4v) is 2.37. The first kappa shape index (κ1) is 15.0. The summed E-state index contributed by atoms with van der Waals surface area (Å²) >= 11 is 4.63. The van der Waals surface area contributed by atoms with Crippen molar-refractivity contribution in [2.75, 3.05) is 23.4 Å². The highest BCUT2D eigenvalue weighted by Crippen LogP contribution is 2.27. The number of carbonyl (C=O) groups is 1. The zero-order valence-corrected chi connectivity index (χ0v) is 12.0. The van der Waals surface area contributed by atoms with Gasteiger partial charge in [-0.15, -0.1) is 6.58 Å².